The van der Waals surface area contributed by atoms with E-state index in [9.17, 15) is 10.1 Å². The van der Waals surface area contributed by atoms with Gasteiger partial charge in [0.05, 0.1) is 6.61 Å². The number of unbranched alkanes of at least 4 members (excludes halogenated alkanes) is 1. The van der Waals surface area contributed by atoms with E-state index in [1.54, 1.807) is 30.3 Å². The first-order valence-corrected chi connectivity index (χ1v) is 7.94. The molecule has 2 aromatic rings. The van der Waals surface area contributed by atoms with Crippen molar-refractivity contribution >= 4 is 17.7 Å². The second-order valence-corrected chi connectivity index (χ2v) is 5.26. The number of benzene rings is 2. The van der Waals surface area contributed by atoms with Gasteiger partial charge >= 0.3 is 0 Å². The molecule has 0 aliphatic rings. The third-order valence-corrected chi connectivity index (χ3v) is 3.35. The molecule has 0 aliphatic carbocycles. The predicted octanol–water partition coefficient (Wildman–Crippen LogP) is 4.41. The molecule has 0 heterocycles. The molecule has 0 saturated carbocycles. The van der Waals surface area contributed by atoms with E-state index >= 15 is 0 Å². The zero-order valence-electron chi connectivity index (χ0n) is 13.7. The van der Waals surface area contributed by atoms with E-state index in [4.69, 9.17) is 4.74 Å². The Kier molecular flexibility index (Phi) is 6.60. The number of anilines is 1. The molecular weight excluding hydrogens is 300 g/mol. The van der Waals surface area contributed by atoms with Crippen molar-refractivity contribution in [1.82, 2.24) is 0 Å². The molecule has 24 heavy (non-hydrogen) atoms. The SMILES string of the molecule is CCCCOc1ccc(NC(=O)/C(C#N)=C/c2ccccc2)cc1. The van der Waals surface area contributed by atoms with Crippen LogP contribution in [0.5, 0.6) is 5.75 Å². The lowest BCUT2D eigenvalue weighted by Crippen LogP contribution is -2.13. The van der Waals surface area contributed by atoms with Gasteiger partial charge in [-0.15, -0.1) is 0 Å². The molecule has 0 fully saturated rings. The minimum atomic E-state index is -0.430. The monoisotopic (exact) mass is 320 g/mol. The molecule has 0 atom stereocenters. The molecule has 1 N–H and O–H groups in total. The van der Waals surface area contributed by atoms with Crippen LogP contribution in [0.1, 0.15) is 25.3 Å². The average Bonchev–Trinajstić information content (AvgIpc) is 2.62. The van der Waals surface area contributed by atoms with E-state index in [1.165, 1.54) is 0 Å². The molecule has 122 valence electrons. The number of ether oxygens (including phenoxy) is 1. The molecule has 4 heteroatoms. The maximum atomic E-state index is 12.2. The fraction of sp³-hybridized carbons (Fsp3) is 0.200. The van der Waals surface area contributed by atoms with Crippen molar-refractivity contribution in [3.05, 3.63) is 65.7 Å². The van der Waals surface area contributed by atoms with Crippen LogP contribution in [0.25, 0.3) is 6.08 Å². The van der Waals surface area contributed by atoms with Crippen LogP contribution in [0.4, 0.5) is 5.69 Å². The van der Waals surface area contributed by atoms with Gasteiger partial charge in [0.2, 0.25) is 0 Å². The minimum Gasteiger partial charge on any atom is -0.494 e. The van der Waals surface area contributed by atoms with Gasteiger partial charge in [-0.1, -0.05) is 43.7 Å². The molecule has 0 radical (unpaired) electrons. The van der Waals surface area contributed by atoms with Crippen molar-refractivity contribution in [2.24, 2.45) is 0 Å². The Bertz CT molecular complexity index is 728. The van der Waals surface area contributed by atoms with Gasteiger partial charge in [-0.25, -0.2) is 0 Å². The largest absolute Gasteiger partial charge is 0.494 e. The van der Waals surface area contributed by atoms with Crippen LogP contribution < -0.4 is 10.1 Å². The summed E-state index contributed by atoms with van der Waals surface area (Å²) in [5, 5.41) is 11.9. The van der Waals surface area contributed by atoms with Crippen LogP contribution in [0.15, 0.2) is 60.2 Å². The molecule has 0 saturated heterocycles. The van der Waals surface area contributed by atoms with Gasteiger partial charge < -0.3 is 10.1 Å². The Morgan fingerprint density at radius 3 is 2.50 bits per heavy atom. The van der Waals surface area contributed by atoms with Gasteiger partial charge in [0, 0.05) is 5.69 Å². The maximum Gasteiger partial charge on any atom is 0.266 e. The zero-order chi connectivity index (χ0) is 17.2. The number of amides is 1. The normalized spacial score (nSPS) is 10.8. The molecular formula is C20H20N2O2. The molecule has 2 rings (SSSR count). The van der Waals surface area contributed by atoms with Crippen molar-refractivity contribution < 1.29 is 9.53 Å². The number of hydrogen-bond acceptors (Lipinski definition) is 3. The Morgan fingerprint density at radius 2 is 1.88 bits per heavy atom. The lowest BCUT2D eigenvalue weighted by atomic mass is 10.1. The van der Waals surface area contributed by atoms with E-state index in [1.807, 2.05) is 36.4 Å². The number of carbonyl (C=O) groups excluding carboxylic acids is 1. The maximum absolute atomic E-state index is 12.2. The quantitative estimate of drug-likeness (QED) is 0.467. The van der Waals surface area contributed by atoms with Crippen molar-refractivity contribution in [3.63, 3.8) is 0 Å². The van der Waals surface area contributed by atoms with Gasteiger partial charge in [-0.3, -0.25) is 4.79 Å². The smallest absolute Gasteiger partial charge is 0.266 e. The van der Waals surface area contributed by atoms with Crippen LogP contribution >= 0.6 is 0 Å². The fourth-order valence-corrected chi connectivity index (χ4v) is 2.03. The molecule has 0 aliphatic heterocycles. The second-order valence-electron chi connectivity index (χ2n) is 5.26. The summed E-state index contributed by atoms with van der Waals surface area (Å²) in [6, 6.07) is 18.3. The highest BCUT2D eigenvalue weighted by atomic mass is 16.5. The van der Waals surface area contributed by atoms with Crippen molar-refractivity contribution in [2.45, 2.75) is 19.8 Å². The number of hydrogen-bond donors (Lipinski definition) is 1. The highest BCUT2D eigenvalue weighted by Crippen LogP contribution is 2.17. The van der Waals surface area contributed by atoms with Crippen molar-refractivity contribution in [2.75, 3.05) is 11.9 Å². The lowest BCUT2D eigenvalue weighted by molar-refractivity contribution is -0.112. The lowest BCUT2D eigenvalue weighted by Gasteiger charge is -2.07. The summed E-state index contributed by atoms with van der Waals surface area (Å²) in [6.45, 7) is 2.79. The van der Waals surface area contributed by atoms with Gasteiger partial charge in [-0.05, 0) is 42.3 Å². The summed E-state index contributed by atoms with van der Waals surface area (Å²) in [5.74, 6) is 0.336. The number of nitriles is 1. The number of nitrogens with zero attached hydrogens (tertiary/aromatic N) is 1. The van der Waals surface area contributed by atoms with E-state index in [0.717, 1.165) is 24.2 Å². The number of rotatable bonds is 7. The van der Waals surface area contributed by atoms with Gasteiger partial charge in [-0.2, -0.15) is 5.26 Å². The first-order chi connectivity index (χ1) is 11.7. The third kappa shape index (κ3) is 5.29. The van der Waals surface area contributed by atoms with E-state index in [2.05, 4.69) is 12.2 Å². The van der Waals surface area contributed by atoms with Crippen molar-refractivity contribution in [1.29, 1.82) is 5.26 Å². The summed E-state index contributed by atoms with van der Waals surface area (Å²) in [6.07, 6.45) is 3.66. The van der Waals surface area contributed by atoms with Gasteiger partial charge in [0.1, 0.15) is 17.4 Å². The van der Waals surface area contributed by atoms with Crippen LogP contribution in [0.2, 0.25) is 0 Å². The highest BCUT2D eigenvalue weighted by Gasteiger charge is 2.09. The summed E-state index contributed by atoms with van der Waals surface area (Å²) >= 11 is 0. The second kappa shape index (κ2) is 9.16. The number of carbonyl (C=O) groups is 1. The van der Waals surface area contributed by atoms with E-state index in [0.29, 0.717) is 12.3 Å². The molecule has 0 aromatic heterocycles. The minimum absolute atomic E-state index is 0.0597. The molecule has 0 bridgehead atoms. The molecule has 2 aromatic carbocycles. The average molecular weight is 320 g/mol. The zero-order valence-corrected chi connectivity index (χ0v) is 13.7. The number of nitrogens with one attached hydrogen (secondary N) is 1. The first kappa shape index (κ1) is 17.3. The highest BCUT2D eigenvalue weighted by molar-refractivity contribution is 6.09. The van der Waals surface area contributed by atoms with Crippen LogP contribution in [-0.4, -0.2) is 12.5 Å². The summed E-state index contributed by atoms with van der Waals surface area (Å²) < 4.78 is 5.58. The summed E-state index contributed by atoms with van der Waals surface area (Å²) in [5.41, 5.74) is 1.49. The predicted molar refractivity (Wildman–Crippen MR) is 95.5 cm³/mol. The van der Waals surface area contributed by atoms with E-state index < -0.39 is 5.91 Å². The Balaban J connectivity index is 2.00. The van der Waals surface area contributed by atoms with Gasteiger partial charge in [0.15, 0.2) is 0 Å². The topological polar surface area (TPSA) is 62.1 Å². The van der Waals surface area contributed by atoms with Crippen molar-refractivity contribution in [3.8, 4) is 11.8 Å². The third-order valence-electron chi connectivity index (χ3n) is 3.35. The Labute approximate surface area is 142 Å². The van der Waals surface area contributed by atoms with Gasteiger partial charge in [0.25, 0.3) is 5.91 Å². The Hall–Kier alpha value is -3.06. The first-order valence-electron chi connectivity index (χ1n) is 7.94. The van der Waals surface area contributed by atoms with Crippen LogP contribution in [0.3, 0.4) is 0 Å². The summed E-state index contributed by atoms with van der Waals surface area (Å²) in [7, 11) is 0. The van der Waals surface area contributed by atoms with Crippen LogP contribution in [-0.2, 0) is 4.79 Å². The molecule has 0 unspecified atom stereocenters. The molecule has 0 spiro atoms. The molecule has 4 nitrogen and oxygen atoms in total. The van der Waals surface area contributed by atoms with Crippen LogP contribution in [0, 0.1) is 11.3 Å². The summed E-state index contributed by atoms with van der Waals surface area (Å²) in [4.78, 5) is 12.2. The standard InChI is InChI=1S/C20H20N2O2/c1-2-3-13-24-19-11-9-18(10-12-19)22-20(23)17(15-21)14-16-7-5-4-6-8-16/h4-12,14H,2-3,13H2,1H3,(H,22,23)/b17-14+. The van der Waals surface area contributed by atoms with E-state index in [-0.39, 0.29) is 5.57 Å². The Morgan fingerprint density at radius 1 is 1.17 bits per heavy atom. The fourth-order valence-electron chi connectivity index (χ4n) is 2.03. The molecule has 1 amide bonds.